The lowest BCUT2D eigenvalue weighted by Gasteiger charge is -2.06. The molecule has 3 aromatic carbocycles. The van der Waals surface area contributed by atoms with Crippen LogP contribution in [0.3, 0.4) is 0 Å². The fourth-order valence-corrected chi connectivity index (χ4v) is 3.02. The molecule has 0 radical (unpaired) electrons. The smallest absolute Gasteiger partial charge is 0.423 e. The molecule has 2 N–H and O–H groups in total. The van der Waals surface area contributed by atoms with Crippen LogP contribution in [0.2, 0.25) is 0 Å². The summed E-state index contributed by atoms with van der Waals surface area (Å²) < 4.78 is 1.86. The van der Waals surface area contributed by atoms with Gasteiger partial charge in [-0.05, 0) is 71.0 Å². The van der Waals surface area contributed by atoms with E-state index in [0.717, 1.165) is 19.8 Å². The Hall–Kier alpha value is -1.73. The number of nitrogens with zero attached hydrogens (tertiary/aromatic N) is 1. The molecular formula is C19H14BBr2NO2. The van der Waals surface area contributed by atoms with Gasteiger partial charge in [-0.3, -0.25) is 0 Å². The zero-order valence-electron chi connectivity index (χ0n) is 13.1. The van der Waals surface area contributed by atoms with Crippen LogP contribution in [-0.4, -0.2) is 22.2 Å². The van der Waals surface area contributed by atoms with Crippen molar-refractivity contribution in [3.8, 4) is 0 Å². The Morgan fingerprint density at radius 3 is 2.16 bits per heavy atom. The van der Waals surface area contributed by atoms with Gasteiger partial charge in [-0.25, -0.2) is 4.98 Å². The van der Waals surface area contributed by atoms with Crippen LogP contribution < -0.4 is 5.46 Å². The minimum absolute atomic E-state index is 0.521. The minimum Gasteiger partial charge on any atom is -0.423 e. The zero-order chi connectivity index (χ0) is 17.8. The molecule has 25 heavy (non-hydrogen) atoms. The molecule has 0 spiro atoms. The maximum absolute atomic E-state index is 9.15. The molecule has 0 aliphatic rings. The summed E-state index contributed by atoms with van der Waals surface area (Å²) in [6.45, 7) is 0. The van der Waals surface area contributed by atoms with Gasteiger partial charge in [-0.2, -0.15) is 0 Å². The number of benzene rings is 3. The Bertz CT molecular complexity index is 986. The Morgan fingerprint density at radius 2 is 1.48 bits per heavy atom. The molecule has 6 heteroatoms. The van der Waals surface area contributed by atoms with Crippen LogP contribution in [-0.2, 0) is 0 Å². The predicted molar refractivity (Wildman–Crippen MR) is 111 cm³/mol. The van der Waals surface area contributed by atoms with Crippen LogP contribution in [0.5, 0.6) is 0 Å². The van der Waals surface area contributed by atoms with Gasteiger partial charge in [-0.1, -0.05) is 54.6 Å². The summed E-state index contributed by atoms with van der Waals surface area (Å²) in [7, 11) is -1.41. The van der Waals surface area contributed by atoms with Crippen molar-refractivity contribution in [1.29, 1.82) is 0 Å². The molecule has 0 bridgehead atoms. The molecule has 0 atom stereocenters. The van der Waals surface area contributed by atoms with Crippen molar-refractivity contribution in [2.75, 3.05) is 0 Å². The van der Waals surface area contributed by atoms with E-state index in [2.05, 4.69) is 49.0 Å². The lowest BCUT2D eigenvalue weighted by molar-refractivity contribution is 0.426. The highest BCUT2D eigenvalue weighted by atomic mass is 79.9. The first-order valence-corrected chi connectivity index (χ1v) is 9.18. The van der Waals surface area contributed by atoms with Gasteiger partial charge in [0.2, 0.25) is 0 Å². The van der Waals surface area contributed by atoms with E-state index in [9.17, 15) is 0 Å². The average Bonchev–Trinajstić information content (AvgIpc) is 2.64. The summed E-state index contributed by atoms with van der Waals surface area (Å²) in [5, 5.41) is 22.8. The second-order valence-electron chi connectivity index (χ2n) is 5.44. The third-order valence-electron chi connectivity index (χ3n) is 3.76. The lowest BCUT2D eigenvalue weighted by Crippen LogP contribution is -2.29. The summed E-state index contributed by atoms with van der Waals surface area (Å²) in [5.74, 6) is 0. The van der Waals surface area contributed by atoms with Gasteiger partial charge in [0.25, 0.3) is 0 Å². The standard InChI is InChI=1S/C14H11BO2.C5H3Br2N/c16-15(17)12-7-8-14-11(9-12)6-5-10-3-1-2-4-13(10)14;6-4-1-2-5(7)8-3-4/h1-9,16-17H;1-3H. The highest BCUT2D eigenvalue weighted by Gasteiger charge is 2.11. The van der Waals surface area contributed by atoms with Crippen molar-refractivity contribution in [3.05, 3.63) is 82.0 Å². The largest absolute Gasteiger partial charge is 0.488 e. The van der Waals surface area contributed by atoms with E-state index in [-0.39, 0.29) is 0 Å². The molecule has 3 nitrogen and oxygen atoms in total. The number of fused-ring (bicyclic) bond motifs is 3. The molecule has 0 amide bonds. The third kappa shape index (κ3) is 4.47. The number of hydrogen-bond donors (Lipinski definition) is 2. The second-order valence-corrected chi connectivity index (χ2v) is 7.17. The lowest BCUT2D eigenvalue weighted by atomic mass is 9.79. The van der Waals surface area contributed by atoms with Crippen molar-refractivity contribution in [2.45, 2.75) is 0 Å². The molecule has 0 saturated carbocycles. The van der Waals surface area contributed by atoms with Crippen molar-refractivity contribution < 1.29 is 10.0 Å². The highest BCUT2D eigenvalue weighted by Crippen LogP contribution is 2.24. The van der Waals surface area contributed by atoms with Crippen LogP contribution >= 0.6 is 31.9 Å². The Balaban J connectivity index is 0.000000192. The topological polar surface area (TPSA) is 53.4 Å². The van der Waals surface area contributed by atoms with Gasteiger partial charge in [-0.15, -0.1) is 0 Å². The normalized spacial score (nSPS) is 10.4. The molecule has 4 aromatic rings. The Kier molecular flexibility index (Phi) is 5.86. The molecule has 1 heterocycles. The van der Waals surface area contributed by atoms with Crippen molar-refractivity contribution >= 4 is 66.0 Å². The van der Waals surface area contributed by atoms with Crippen LogP contribution in [0.1, 0.15) is 0 Å². The minimum atomic E-state index is -1.41. The summed E-state index contributed by atoms with van der Waals surface area (Å²) in [4.78, 5) is 3.95. The van der Waals surface area contributed by atoms with Crippen LogP contribution in [0.15, 0.2) is 82.0 Å². The number of pyridine rings is 1. The van der Waals surface area contributed by atoms with E-state index in [1.165, 1.54) is 10.8 Å². The summed E-state index contributed by atoms with van der Waals surface area (Å²) >= 11 is 6.48. The van der Waals surface area contributed by atoms with Crippen LogP contribution in [0, 0.1) is 0 Å². The molecule has 0 saturated heterocycles. The quantitative estimate of drug-likeness (QED) is 0.254. The van der Waals surface area contributed by atoms with Gasteiger partial charge in [0.1, 0.15) is 4.60 Å². The van der Waals surface area contributed by atoms with Crippen molar-refractivity contribution in [2.24, 2.45) is 0 Å². The molecular weight excluding hydrogens is 445 g/mol. The van der Waals surface area contributed by atoms with Crippen LogP contribution in [0.4, 0.5) is 0 Å². The van der Waals surface area contributed by atoms with E-state index in [1.54, 1.807) is 12.3 Å². The molecule has 124 valence electrons. The fraction of sp³-hybridized carbons (Fsp3) is 0. The first-order valence-electron chi connectivity index (χ1n) is 7.59. The zero-order valence-corrected chi connectivity index (χ0v) is 16.3. The maximum atomic E-state index is 9.15. The second kappa shape index (κ2) is 8.10. The predicted octanol–water partition coefficient (Wildman–Crippen LogP) is 4.28. The first-order chi connectivity index (χ1) is 12.0. The molecule has 4 rings (SSSR count). The number of halogens is 2. The molecule has 0 fully saturated rings. The first kappa shape index (κ1) is 18.1. The number of hydrogen-bond acceptors (Lipinski definition) is 3. The molecule has 0 aliphatic carbocycles. The average molecular weight is 459 g/mol. The van der Waals surface area contributed by atoms with E-state index in [0.29, 0.717) is 5.46 Å². The summed E-state index contributed by atoms with van der Waals surface area (Å²) in [6, 6.07) is 21.5. The highest BCUT2D eigenvalue weighted by molar-refractivity contribution is 9.11. The van der Waals surface area contributed by atoms with E-state index >= 15 is 0 Å². The Labute approximate surface area is 162 Å². The number of aromatic nitrogens is 1. The van der Waals surface area contributed by atoms with Gasteiger partial charge < -0.3 is 10.0 Å². The summed E-state index contributed by atoms with van der Waals surface area (Å²) in [6.07, 6.45) is 1.74. The van der Waals surface area contributed by atoms with Crippen molar-refractivity contribution in [3.63, 3.8) is 0 Å². The van der Waals surface area contributed by atoms with Crippen LogP contribution in [0.25, 0.3) is 21.5 Å². The van der Waals surface area contributed by atoms with Crippen molar-refractivity contribution in [1.82, 2.24) is 4.98 Å². The summed E-state index contributed by atoms with van der Waals surface area (Å²) in [5.41, 5.74) is 0.521. The maximum Gasteiger partial charge on any atom is 0.488 e. The van der Waals surface area contributed by atoms with E-state index < -0.39 is 7.12 Å². The van der Waals surface area contributed by atoms with Gasteiger partial charge >= 0.3 is 7.12 Å². The molecule has 0 unspecified atom stereocenters. The van der Waals surface area contributed by atoms with E-state index in [1.807, 2.05) is 48.5 Å². The van der Waals surface area contributed by atoms with Gasteiger partial charge in [0, 0.05) is 10.7 Å². The SMILES string of the molecule is Brc1ccc(Br)nc1.OB(O)c1ccc2c(ccc3ccccc32)c1. The van der Waals surface area contributed by atoms with Gasteiger partial charge in [0.15, 0.2) is 0 Å². The fourth-order valence-electron chi connectivity index (χ4n) is 2.55. The Morgan fingerprint density at radius 1 is 0.760 bits per heavy atom. The van der Waals surface area contributed by atoms with E-state index in [4.69, 9.17) is 10.0 Å². The third-order valence-corrected chi connectivity index (χ3v) is 4.70. The number of rotatable bonds is 1. The van der Waals surface area contributed by atoms with Gasteiger partial charge in [0.05, 0.1) is 0 Å². The molecule has 0 aliphatic heterocycles. The monoisotopic (exact) mass is 457 g/mol. The molecule has 1 aromatic heterocycles.